The first-order chi connectivity index (χ1) is 13.0. The lowest BCUT2D eigenvalue weighted by Crippen LogP contribution is -2.51. The average molecular weight is 477 g/mol. The molecule has 0 saturated carbocycles. The Bertz CT molecular complexity index is 592. The summed E-state index contributed by atoms with van der Waals surface area (Å²) >= 11 is 7.29. The molecule has 16 heteroatoms. The van der Waals surface area contributed by atoms with E-state index in [1.807, 2.05) is 0 Å². The number of thiol groups is 2. The van der Waals surface area contributed by atoms with Crippen molar-refractivity contribution in [3.8, 4) is 0 Å². The minimum absolute atomic E-state index is 0.288. The zero-order chi connectivity index (χ0) is 22.0. The van der Waals surface area contributed by atoms with Crippen LogP contribution in [0.25, 0.3) is 0 Å². The van der Waals surface area contributed by atoms with E-state index in [0.717, 1.165) is 0 Å². The topological polar surface area (TPSA) is 190 Å². The highest BCUT2D eigenvalue weighted by molar-refractivity contribution is 8.75. The lowest BCUT2D eigenvalue weighted by atomic mass is 10.1. The Labute approximate surface area is 176 Å². The van der Waals surface area contributed by atoms with Gasteiger partial charge in [0.2, 0.25) is 0 Å². The fraction of sp³-hybridized carbons (Fsp3) is 0.500. The molecule has 0 heterocycles. The molecule has 0 aromatic carbocycles. The van der Waals surface area contributed by atoms with Gasteiger partial charge in [0, 0.05) is 34.7 Å². The second kappa shape index (κ2) is 12.6. The van der Waals surface area contributed by atoms with Crippen LogP contribution < -0.4 is 0 Å². The monoisotopic (exact) mass is 476 g/mol. The molecule has 0 fully saturated rings. The lowest BCUT2D eigenvalue weighted by molar-refractivity contribution is -0.149. The van der Waals surface area contributed by atoms with Crippen molar-refractivity contribution < 1.29 is 49.2 Å². The van der Waals surface area contributed by atoms with Crippen LogP contribution in [0.3, 0.4) is 0 Å². The van der Waals surface area contributed by atoms with Crippen molar-refractivity contribution in [1.29, 1.82) is 0 Å². The van der Waals surface area contributed by atoms with Gasteiger partial charge >= 0.3 is 23.9 Å². The van der Waals surface area contributed by atoms with Crippen LogP contribution in [0.2, 0.25) is 0 Å². The molecule has 2 amide bonds. The van der Waals surface area contributed by atoms with Gasteiger partial charge in [0.15, 0.2) is 0 Å². The highest BCUT2D eigenvalue weighted by atomic mass is 33.1. The van der Waals surface area contributed by atoms with E-state index in [4.69, 9.17) is 10.2 Å². The van der Waals surface area contributed by atoms with Gasteiger partial charge < -0.3 is 30.2 Å². The lowest BCUT2D eigenvalue weighted by Gasteiger charge is -2.32. The molecule has 0 aromatic heterocycles. The maximum absolute atomic E-state index is 12.0. The minimum Gasteiger partial charge on any atom is -0.481 e. The maximum Gasteiger partial charge on any atom is 0.327 e. The fourth-order valence-electron chi connectivity index (χ4n) is 2.06. The highest BCUT2D eigenvalue weighted by Gasteiger charge is 2.35. The van der Waals surface area contributed by atoms with Crippen molar-refractivity contribution >= 4 is 79.3 Å². The number of amides is 2. The summed E-state index contributed by atoms with van der Waals surface area (Å²) < 4.78 is 0. The van der Waals surface area contributed by atoms with Crippen molar-refractivity contribution in [2.45, 2.75) is 24.9 Å². The molecule has 0 spiro atoms. The predicted octanol–water partition coefficient (Wildman–Crippen LogP) is 0.842. The Balaban J connectivity index is 5.73. The number of aliphatic carboxylic acids is 4. The zero-order valence-electron chi connectivity index (χ0n) is 13.8. The van der Waals surface area contributed by atoms with Gasteiger partial charge in [0.25, 0.3) is 10.5 Å². The largest absolute Gasteiger partial charge is 0.481 e. The highest BCUT2D eigenvalue weighted by Crippen LogP contribution is 2.21. The number of hydrogen-bond acceptors (Lipinski definition) is 10. The van der Waals surface area contributed by atoms with E-state index >= 15 is 0 Å². The van der Waals surface area contributed by atoms with Crippen LogP contribution in [0.4, 0.5) is 9.59 Å². The van der Waals surface area contributed by atoms with Gasteiger partial charge in [-0.15, -0.1) is 23.3 Å². The van der Waals surface area contributed by atoms with Gasteiger partial charge in [0.1, 0.15) is 12.1 Å². The number of nitrogens with zero attached hydrogens (tertiary/aromatic N) is 2. The number of carbonyl (C=O) groups excluding carboxylic acids is 2. The van der Waals surface area contributed by atoms with E-state index in [1.54, 1.807) is 0 Å². The Morgan fingerprint density at radius 1 is 0.679 bits per heavy atom. The summed E-state index contributed by atoms with van der Waals surface area (Å²) in [4.78, 5) is 69.7. The molecule has 0 bridgehead atoms. The molecule has 2 unspecified atom stereocenters. The van der Waals surface area contributed by atoms with Crippen molar-refractivity contribution in [2.24, 2.45) is 0 Å². The third-order valence-corrected chi connectivity index (χ3v) is 4.98. The summed E-state index contributed by atoms with van der Waals surface area (Å²) in [6, 6.07) is -3.62. The van der Waals surface area contributed by atoms with Gasteiger partial charge in [-0.25, -0.2) is 9.59 Å². The molecule has 0 saturated heterocycles. The summed E-state index contributed by atoms with van der Waals surface area (Å²) in [7, 11) is 0.576. The smallest absolute Gasteiger partial charge is 0.327 e. The minimum atomic E-state index is -1.81. The van der Waals surface area contributed by atoms with Crippen LogP contribution in [0.5, 0.6) is 0 Å². The number of carbonyl (C=O) groups is 6. The van der Waals surface area contributed by atoms with Gasteiger partial charge in [-0.2, -0.15) is 0 Å². The van der Waals surface area contributed by atoms with E-state index in [1.165, 1.54) is 0 Å². The first kappa shape index (κ1) is 26.2. The number of rotatable bonds is 11. The molecule has 0 aliphatic rings. The van der Waals surface area contributed by atoms with E-state index in [9.17, 15) is 39.0 Å². The third kappa shape index (κ3) is 8.49. The fourth-order valence-corrected chi connectivity index (χ4v) is 3.34. The molecule has 2 atom stereocenters. The van der Waals surface area contributed by atoms with Crippen LogP contribution in [-0.2, 0) is 19.2 Å². The first-order valence-corrected chi connectivity index (χ1v) is 10.8. The summed E-state index contributed by atoms with van der Waals surface area (Å²) in [5.74, 6) is -6.30. The van der Waals surface area contributed by atoms with Crippen LogP contribution in [0.1, 0.15) is 12.8 Å². The van der Waals surface area contributed by atoms with E-state index < -0.39 is 72.4 Å². The molecule has 0 aliphatic heterocycles. The van der Waals surface area contributed by atoms with Gasteiger partial charge in [-0.1, -0.05) is 0 Å². The van der Waals surface area contributed by atoms with Crippen LogP contribution in [0, 0.1) is 0 Å². The van der Waals surface area contributed by atoms with Crippen molar-refractivity contribution in [1.82, 2.24) is 9.80 Å². The summed E-state index contributed by atoms with van der Waals surface area (Å²) in [5, 5.41) is 34.2. The van der Waals surface area contributed by atoms with E-state index in [2.05, 4.69) is 23.3 Å². The quantitative estimate of drug-likeness (QED) is 0.182. The van der Waals surface area contributed by atoms with Crippen molar-refractivity contribution in [2.75, 3.05) is 13.1 Å². The normalized spacial score (nSPS) is 12.5. The molecular weight excluding hydrogens is 460 g/mol. The summed E-state index contributed by atoms with van der Waals surface area (Å²) in [6.07, 6.45) is -1.91. The first-order valence-electron chi connectivity index (χ1n) is 7.09. The average Bonchev–Trinajstić information content (AvgIpc) is 2.60. The third-order valence-electron chi connectivity index (χ3n) is 3.27. The molecule has 0 rings (SSSR count). The van der Waals surface area contributed by atoms with Crippen molar-refractivity contribution in [3.63, 3.8) is 0 Å². The molecular formula is C12H16N2O10S4. The molecule has 0 radical (unpaired) electrons. The maximum atomic E-state index is 12.0. The second-order valence-corrected chi connectivity index (χ2v) is 7.16. The molecule has 0 aromatic rings. The molecule has 28 heavy (non-hydrogen) atoms. The molecule has 158 valence electrons. The Morgan fingerprint density at radius 3 is 1.14 bits per heavy atom. The second-order valence-electron chi connectivity index (χ2n) is 5.00. The number of carboxylic acids is 4. The van der Waals surface area contributed by atoms with Gasteiger partial charge in [-0.3, -0.25) is 19.2 Å². The van der Waals surface area contributed by atoms with E-state index in [0.29, 0.717) is 9.80 Å². The van der Waals surface area contributed by atoms with E-state index in [-0.39, 0.29) is 21.6 Å². The Morgan fingerprint density at radius 2 is 0.964 bits per heavy atom. The predicted molar refractivity (Wildman–Crippen MR) is 105 cm³/mol. The summed E-state index contributed by atoms with van der Waals surface area (Å²) in [5.41, 5.74) is 0. The Hall–Kier alpha value is -1.78. The zero-order valence-corrected chi connectivity index (χ0v) is 17.2. The van der Waals surface area contributed by atoms with Crippen LogP contribution >= 0.6 is 44.9 Å². The Kier molecular flexibility index (Phi) is 11.8. The van der Waals surface area contributed by atoms with Crippen molar-refractivity contribution in [3.05, 3.63) is 0 Å². The SMILES string of the molecule is O=C(O)CC(C(=O)O)N(CCN(C(=O)SS)C(CC(=O)O)C(=O)O)C(=O)SS. The van der Waals surface area contributed by atoms with Gasteiger partial charge in [-0.05, 0) is 0 Å². The van der Waals surface area contributed by atoms with Crippen LogP contribution in [-0.4, -0.2) is 89.8 Å². The number of hydrogen-bond donors (Lipinski definition) is 6. The molecule has 12 nitrogen and oxygen atoms in total. The number of carboxylic acid groups (broad SMARTS) is 4. The van der Waals surface area contributed by atoms with Crippen LogP contribution in [0.15, 0.2) is 0 Å². The molecule has 4 N–H and O–H groups in total. The van der Waals surface area contributed by atoms with Gasteiger partial charge in [0.05, 0.1) is 12.8 Å². The molecule has 0 aliphatic carbocycles. The summed E-state index contributed by atoms with van der Waals surface area (Å²) in [6.45, 7) is -1.17. The standard InChI is InChI=1S/C12H16N2O10S4/c15-7(16)3-5(9(19)20)13(11(23)27-25)1-2-14(12(24)28-26)6(10(21)22)4-8(17)18/h5-6,25-26H,1-4H2,(H,15,16)(H,17,18)(H,19,20)(H,21,22).